The second kappa shape index (κ2) is 4.02. The monoisotopic (exact) mass is 267 g/mol. The second-order valence-corrected chi connectivity index (χ2v) is 3.90. The first kappa shape index (κ1) is 10.2. The summed E-state index contributed by atoms with van der Waals surface area (Å²) >= 11 is 3.13. The van der Waals surface area contributed by atoms with E-state index >= 15 is 0 Å². The van der Waals surface area contributed by atoms with Gasteiger partial charge < -0.3 is 0 Å². The molecular weight excluding hydrogens is 261 g/mol. The Morgan fingerprint density at radius 1 is 1.27 bits per heavy atom. The summed E-state index contributed by atoms with van der Waals surface area (Å²) in [5.74, 6) is 0.204. The molecule has 0 aliphatic heterocycles. The Balaban J connectivity index is 2.59. The molecule has 0 aliphatic rings. The van der Waals surface area contributed by atoms with Crippen LogP contribution in [0.4, 0.5) is 4.39 Å². The van der Waals surface area contributed by atoms with Crippen LogP contribution < -0.4 is 0 Å². The highest BCUT2D eigenvalue weighted by Crippen LogP contribution is 2.25. The molecule has 0 atom stereocenters. The van der Waals surface area contributed by atoms with Gasteiger partial charge in [0, 0.05) is 11.8 Å². The molecule has 15 heavy (non-hydrogen) atoms. The summed E-state index contributed by atoms with van der Waals surface area (Å²) in [6, 6.07) is 3.09. The van der Waals surface area contributed by atoms with Crippen molar-refractivity contribution < 1.29 is 4.39 Å². The molecule has 0 fully saturated rings. The standard InChI is InChI=1S/C10H7BrFN3/c1-6-4-9(12)8(11)5-7(6)10-13-2-3-14-15-10/h2-5H,1H3. The smallest absolute Gasteiger partial charge is 0.182 e. The molecule has 76 valence electrons. The van der Waals surface area contributed by atoms with Crippen LogP contribution in [0.15, 0.2) is 29.0 Å². The van der Waals surface area contributed by atoms with Gasteiger partial charge in [0.25, 0.3) is 0 Å². The van der Waals surface area contributed by atoms with Crippen molar-refractivity contribution in [3.05, 3.63) is 40.4 Å². The minimum absolute atomic E-state index is 0.292. The van der Waals surface area contributed by atoms with Gasteiger partial charge in [-0.15, -0.1) is 5.10 Å². The third-order valence-corrected chi connectivity index (χ3v) is 2.60. The molecule has 0 spiro atoms. The molecule has 0 amide bonds. The number of hydrogen-bond donors (Lipinski definition) is 0. The summed E-state index contributed by atoms with van der Waals surface area (Å²) < 4.78 is 13.6. The number of rotatable bonds is 1. The second-order valence-electron chi connectivity index (χ2n) is 3.05. The van der Waals surface area contributed by atoms with E-state index in [0.717, 1.165) is 11.1 Å². The molecule has 0 saturated heterocycles. The number of halogens is 2. The van der Waals surface area contributed by atoms with Crippen molar-refractivity contribution >= 4 is 15.9 Å². The molecule has 3 nitrogen and oxygen atoms in total. The van der Waals surface area contributed by atoms with Crippen molar-refractivity contribution in [1.82, 2.24) is 15.2 Å². The van der Waals surface area contributed by atoms with Crippen molar-refractivity contribution in [3.63, 3.8) is 0 Å². The van der Waals surface area contributed by atoms with E-state index in [2.05, 4.69) is 31.1 Å². The summed E-state index contributed by atoms with van der Waals surface area (Å²) in [6.45, 7) is 1.81. The summed E-state index contributed by atoms with van der Waals surface area (Å²) in [6.07, 6.45) is 3.05. The third-order valence-electron chi connectivity index (χ3n) is 1.99. The number of aryl methyl sites for hydroxylation is 1. The van der Waals surface area contributed by atoms with Crippen LogP contribution in [-0.4, -0.2) is 15.2 Å². The first-order valence-corrected chi connectivity index (χ1v) is 5.07. The third kappa shape index (κ3) is 2.02. The summed E-state index contributed by atoms with van der Waals surface area (Å²) in [4.78, 5) is 4.06. The van der Waals surface area contributed by atoms with Gasteiger partial charge in [0.2, 0.25) is 0 Å². The summed E-state index contributed by atoms with van der Waals surface area (Å²) in [5, 5.41) is 7.61. The van der Waals surface area contributed by atoms with Crippen LogP contribution >= 0.6 is 15.9 Å². The molecule has 0 N–H and O–H groups in total. The van der Waals surface area contributed by atoms with Crippen LogP contribution in [0, 0.1) is 12.7 Å². The zero-order chi connectivity index (χ0) is 10.8. The number of benzene rings is 1. The summed E-state index contributed by atoms with van der Waals surface area (Å²) in [5.41, 5.74) is 1.56. The van der Waals surface area contributed by atoms with E-state index < -0.39 is 0 Å². The minimum atomic E-state index is -0.292. The zero-order valence-corrected chi connectivity index (χ0v) is 9.49. The van der Waals surface area contributed by atoms with E-state index in [1.54, 1.807) is 19.2 Å². The fourth-order valence-electron chi connectivity index (χ4n) is 1.26. The van der Waals surface area contributed by atoms with Crippen molar-refractivity contribution in [3.8, 4) is 11.4 Å². The Hall–Kier alpha value is -1.36. The average molecular weight is 268 g/mol. The highest BCUT2D eigenvalue weighted by atomic mass is 79.9. The molecule has 0 unspecified atom stereocenters. The summed E-state index contributed by atoms with van der Waals surface area (Å²) in [7, 11) is 0. The van der Waals surface area contributed by atoms with E-state index in [9.17, 15) is 4.39 Å². The first-order chi connectivity index (χ1) is 7.18. The first-order valence-electron chi connectivity index (χ1n) is 4.28. The predicted octanol–water partition coefficient (Wildman–Crippen LogP) is 2.75. The molecule has 5 heteroatoms. The SMILES string of the molecule is Cc1cc(F)c(Br)cc1-c1nccnn1. The van der Waals surface area contributed by atoms with E-state index in [0.29, 0.717) is 10.3 Å². The predicted molar refractivity (Wildman–Crippen MR) is 57.7 cm³/mol. The van der Waals surface area contributed by atoms with Gasteiger partial charge in [-0.3, -0.25) is 0 Å². The van der Waals surface area contributed by atoms with Crippen molar-refractivity contribution in [2.45, 2.75) is 6.92 Å². The van der Waals surface area contributed by atoms with Gasteiger partial charge in [-0.05, 0) is 40.5 Å². The molecular formula is C10H7BrFN3. The van der Waals surface area contributed by atoms with Gasteiger partial charge >= 0.3 is 0 Å². The fourth-order valence-corrected chi connectivity index (χ4v) is 1.60. The Morgan fingerprint density at radius 3 is 2.73 bits per heavy atom. The average Bonchev–Trinajstić information content (AvgIpc) is 2.25. The zero-order valence-electron chi connectivity index (χ0n) is 7.91. The maximum absolute atomic E-state index is 13.2. The maximum Gasteiger partial charge on any atom is 0.182 e. The lowest BCUT2D eigenvalue weighted by Gasteiger charge is -2.04. The van der Waals surface area contributed by atoms with Crippen molar-refractivity contribution in [2.24, 2.45) is 0 Å². The van der Waals surface area contributed by atoms with Gasteiger partial charge in [0.05, 0.1) is 10.7 Å². The Bertz CT molecular complexity index is 488. The van der Waals surface area contributed by atoms with Gasteiger partial charge in [-0.1, -0.05) is 0 Å². The normalized spacial score (nSPS) is 10.3. The Kier molecular flexibility index (Phi) is 2.73. The lowest BCUT2D eigenvalue weighted by Crippen LogP contribution is -1.94. The van der Waals surface area contributed by atoms with E-state index in [1.807, 2.05) is 0 Å². The number of aromatic nitrogens is 3. The molecule has 0 radical (unpaired) electrons. The molecule has 1 aromatic heterocycles. The van der Waals surface area contributed by atoms with Crippen LogP contribution in [0.1, 0.15) is 5.56 Å². The van der Waals surface area contributed by atoms with Gasteiger partial charge in [0.15, 0.2) is 5.82 Å². The van der Waals surface area contributed by atoms with Crippen LogP contribution in [-0.2, 0) is 0 Å². The largest absolute Gasteiger partial charge is 0.233 e. The highest BCUT2D eigenvalue weighted by molar-refractivity contribution is 9.10. The van der Waals surface area contributed by atoms with Crippen molar-refractivity contribution in [1.29, 1.82) is 0 Å². The Labute approximate surface area is 94.5 Å². The van der Waals surface area contributed by atoms with Crippen LogP contribution in [0.25, 0.3) is 11.4 Å². The van der Waals surface area contributed by atoms with E-state index in [4.69, 9.17) is 0 Å². The number of nitrogens with zero attached hydrogens (tertiary/aromatic N) is 3. The quantitative estimate of drug-likeness (QED) is 0.798. The number of hydrogen-bond acceptors (Lipinski definition) is 3. The maximum atomic E-state index is 13.2. The van der Waals surface area contributed by atoms with E-state index in [-0.39, 0.29) is 5.82 Å². The topological polar surface area (TPSA) is 38.7 Å². The highest BCUT2D eigenvalue weighted by Gasteiger charge is 2.09. The molecule has 0 bridgehead atoms. The van der Waals surface area contributed by atoms with E-state index in [1.165, 1.54) is 12.3 Å². The van der Waals surface area contributed by atoms with Crippen molar-refractivity contribution in [2.75, 3.05) is 0 Å². The Morgan fingerprint density at radius 2 is 2.07 bits per heavy atom. The van der Waals surface area contributed by atoms with Crippen LogP contribution in [0.3, 0.4) is 0 Å². The van der Waals surface area contributed by atoms with Gasteiger partial charge in [0.1, 0.15) is 5.82 Å². The fraction of sp³-hybridized carbons (Fsp3) is 0.100. The minimum Gasteiger partial charge on any atom is -0.233 e. The van der Waals surface area contributed by atoms with Crippen LogP contribution in [0.5, 0.6) is 0 Å². The molecule has 2 rings (SSSR count). The molecule has 0 saturated carbocycles. The molecule has 1 aromatic carbocycles. The van der Waals surface area contributed by atoms with Crippen LogP contribution in [0.2, 0.25) is 0 Å². The molecule has 0 aliphatic carbocycles. The molecule has 2 aromatic rings. The lowest BCUT2D eigenvalue weighted by atomic mass is 10.1. The molecule has 1 heterocycles. The van der Waals surface area contributed by atoms with Gasteiger partial charge in [-0.25, -0.2) is 9.37 Å². The lowest BCUT2D eigenvalue weighted by molar-refractivity contribution is 0.620. The van der Waals surface area contributed by atoms with Gasteiger partial charge in [-0.2, -0.15) is 5.10 Å².